The van der Waals surface area contributed by atoms with Crippen LogP contribution in [0.5, 0.6) is 5.75 Å². The molecule has 0 saturated carbocycles. The number of aromatic nitrogens is 2. The molecule has 2 rings (SSSR count). The van der Waals surface area contributed by atoms with Gasteiger partial charge in [0.1, 0.15) is 5.75 Å². The van der Waals surface area contributed by atoms with Crippen molar-refractivity contribution in [3.05, 3.63) is 41.5 Å². The average Bonchev–Trinajstić information content (AvgIpc) is 2.73. The van der Waals surface area contributed by atoms with Crippen molar-refractivity contribution in [1.82, 2.24) is 10.1 Å². The maximum Gasteiger partial charge on any atom is 0.223 e. The van der Waals surface area contributed by atoms with Crippen molar-refractivity contribution in [1.29, 1.82) is 0 Å². The molecule has 17 heavy (non-hydrogen) atoms. The Morgan fingerprint density at radius 2 is 2.06 bits per heavy atom. The number of aryl methyl sites for hydroxylation is 1. The largest absolute Gasteiger partial charge is 0.485 e. The van der Waals surface area contributed by atoms with Crippen LogP contribution in [0.25, 0.3) is 0 Å². The van der Waals surface area contributed by atoms with Gasteiger partial charge in [-0.2, -0.15) is 4.98 Å². The molecule has 0 spiro atoms. The molecule has 0 aliphatic rings. The average molecular weight is 233 g/mol. The summed E-state index contributed by atoms with van der Waals surface area (Å²) < 4.78 is 10.4. The Morgan fingerprint density at radius 3 is 2.59 bits per heavy atom. The van der Waals surface area contributed by atoms with Crippen LogP contribution in [-0.4, -0.2) is 10.1 Å². The normalized spacial score (nSPS) is 12.4. The molecule has 1 heterocycles. The van der Waals surface area contributed by atoms with Crippen molar-refractivity contribution in [2.75, 3.05) is 0 Å². The van der Waals surface area contributed by atoms with Crippen molar-refractivity contribution in [3.8, 4) is 5.75 Å². The molecule has 0 saturated heterocycles. The zero-order chi connectivity index (χ0) is 12.3. The Balaban J connectivity index is 1.95. The van der Waals surface area contributed by atoms with Crippen LogP contribution in [-0.2, 0) is 6.61 Å². The van der Waals surface area contributed by atoms with Crippen LogP contribution in [0.1, 0.15) is 30.2 Å². The number of rotatable bonds is 4. The minimum absolute atomic E-state index is 0.0314. The van der Waals surface area contributed by atoms with E-state index in [0.29, 0.717) is 18.3 Å². The first-order valence-corrected chi connectivity index (χ1v) is 5.42. The van der Waals surface area contributed by atoms with E-state index in [1.54, 1.807) is 6.92 Å². The summed E-state index contributed by atoms with van der Waals surface area (Å²) in [6.07, 6.45) is 0. The highest BCUT2D eigenvalue weighted by molar-refractivity contribution is 5.28. The first kappa shape index (κ1) is 11.6. The lowest BCUT2D eigenvalue weighted by molar-refractivity contribution is 0.285. The number of ether oxygens (including phenoxy) is 1. The van der Waals surface area contributed by atoms with Crippen LogP contribution in [0.3, 0.4) is 0 Å². The third kappa shape index (κ3) is 3.04. The molecule has 0 bridgehead atoms. The van der Waals surface area contributed by atoms with Gasteiger partial charge in [0.05, 0.1) is 0 Å². The van der Waals surface area contributed by atoms with Gasteiger partial charge in [0.15, 0.2) is 6.61 Å². The van der Waals surface area contributed by atoms with Crippen LogP contribution < -0.4 is 10.5 Å². The maximum absolute atomic E-state index is 5.76. The minimum Gasteiger partial charge on any atom is -0.485 e. The van der Waals surface area contributed by atoms with Gasteiger partial charge in [-0.15, -0.1) is 0 Å². The first-order valence-electron chi connectivity index (χ1n) is 5.42. The molecule has 2 N–H and O–H groups in total. The van der Waals surface area contributed by atoms with E-state index in [4.69, 9.17) is 15.0 Å². The van der Waals surface area contributed by atoms with Gasteiger partial charge >= 0.3 is 0 Å². The van der Waals surface area contributed by atoms with Crippen LogP contribution in [0, 0.1) is 6.92 Å². The highest BCUT2D eigenvalue weighted by Gasteiger charge is 2.04. The van der Waals surface area contributed by atoms with Gasteiger partial charge in [0, 0.05) is 13.0 Å². The first-order chi connectivity index (χ1) is 8.15. The van der Waals surface area contributed by atoms with Gasteiger partial charge in [-0.25, -0.2) is 0 Å². The van der Waals surface area contributed by atoms with Crippen LogP contribution in [0.15, 0.2) is 28.8 Å². The molecule has 0 aliphatic heterocycles. The zero-order valence-corrected chi connectivity index (χ0v) is 9.88. The van der Waals surface area contributed by atoms with Gasteiger partial charge in [0.2, 0.25) is 11.7 Å². The van der Waals surface area contributed by atoms with Crippen LogP contribution in [0.4, 0.5) is 0 Å². The number of hydrogen-bond acceptors (Lipinski definition) is 5. The fraction of sp³-hybridized carbons (Fsp3) is 0.333. The standard InChI is InChI=1S/C12H15N3O2/c1-8(13)10-3-5-11(6-4-10)16-7-12-14-9(2)17-15-12/h3-6,8H,7,13H2,1-2H3/t8-/m1/s1. The number of hydrogen-bond donors (Lipinski definition) is 1. The molecule has 0 radical (unpaired) electrons. The number of nitrogens with two attached hydrogens (primary N) is 1. The molecule has 0 aliphatic carbocycles. The number of benzene rings is 1. The number of nitrogens with zero attached hydrogens (tertiary/aromatic N) is 2. The fourth-order valence-corrected chi connectivity index (χ4v) is 1.42. The van der Waals surface area contributed by atoms with Crippen molar-refractivity contribution in [3.63, 3.8) is 0 Å². The molecule has 5 heteroatoms. The Kier molecular flexibility index (Phi) is 3.39. The third-order valence-corrected chi connectivity index (χ3v) is 2.34. The maximum atomic E-state index is 5.76. The Morgan fingerprint density at radius 1 is 1.35 bits per heavy atom. The van der Waals surface area contributed by atoms with E-state index in [1.807, 2.05) is 31.2 Å². The topological polar surface area (TPSA) is 74.2 Å². The van der Waals surface area contributed by atoms with E-state index in [0.717, 1.165) is 11.3 Å². The highest BCUT2D eigenvalue weighted by Crippen LogP contribution is 2.16. The summed E-state index contributed by atoms with van der Waals surface area (Å²) in [6, 6.07) is 7.68. The Bertz CT molecular complexity index is 477. The summed E-state index contributed by atoms with van der Waals surface area (Å²) in [5.41, 5.74) is 6.83. The summed E-state index contributed by atoms with van der Waals surface area (Å²) in [7, 11) is 0. The van der Waals surface area contributed by atoms with E-state index < -0.39 is 0 Å². The molecule has 1 aromatic heterocycles. The lowest BCUT2D eigenvalue weighted by atomic mass is 10.1. The molecule has 5 nitrogen and oxygen atoms in total. The Hall–Kier alpha value is -1.88. The fourth-order valence-electron chi connectivity index (χ4n) is 1.42. The van der Waals surface area contributed by atoms with Crippen LogP contribution >= 0.6 is 0 Å². The summed E-state index contributed by atoms with van der Waals surface area (Å²) in [6.45, 7) is 3.99. The Labute approximate surface area is 99.6 Å². The second kappa shape index (κ2) is 4.97. The van der Waals surface area contributed by atoms with E-state index in [9.17, 15) is 0 Å². The summed E-state index contributed by atoms with van der Waals surface area (Å²) in [5.74, 6) is 1.84. The predicted molar refractivity (Wildman–Crippen MR) is 62.4 cm³/mol. The monoisotopic (exact) mass is 233 g/mol. The molecule has 0 unspecified atom stereocenters. The minimum atomic E-state index is 0.0314. The van der Waals surface area contributed by atoms with Crippen LogP contribution in [0.2, 0.25) is 0 Å². The third-order valence-electron chi connectivity index (χ3n) is 2.34. The summed E-state index contributed by atoms with van der Waals surface area (Å²) >= 11 is 0. The van der Waals surface area contributed by atoms with E-state index in [-0.39, 0.29) is 6.04 Å². The summed E-state index contributed by atoms with van der Waals surface area (Å²) in [5, 5.41) is 3.75. The second-order valence-corrected chi connectivity index (χ2v) is 3.88. The molecule has 0 fully saturated rings. The van der Waals surface area contributed by atoms with Crippen molar-refractivity contribution < 1.29 is 9.26 Å². The molecule has 1 aromatic carbocycles. The molecule has 0 amide bonds. The molecular formula is C12H15N3O2. The quantitative estimate of drug-likeness (QED) is 0.873. The zero-order valence-electron chi connectivity index (χ0n) is 9.88. The lowest BCUT2D eigenvalue weighted by Crippen LogP contribution is -2.04. The van der Waals surface area contributed by atoms with Gasteiger partial charge in [-0.05, 0) is 24.6 Å². The van der Waals surface area contributed by atoms with E-state index in [1.165, 1.54) is 0 Å². The lowest BCUT2D eigenvalue weighted by Gasteiger charge is -2.07. The van der Waals surface area contributed by atoms with Crippen molar-refractivity contribution >= 4 is 0 Å². The van der Waals surface area contributed by atoms with Crippen molar-refractivity contribution in [2.24, 2.45) is 5.73 Å². The van der Waals surface area contributed by atoms with Gasteiger partial charge in [-0.3, -0.25) is 0 Å². The predicted octanol–water partition coefficient (Wildman–Crippen LogP) is 1.98. The van der Waals surface area contributed by atoms with Gasteiger partial charge < -0.3 is 15.0 Å². The smallest absolute Gasteiger partial charge is 0.223 e. The van der Waals surface area contributed by atoms with E-state index >= 15 is 0 Å². The highest BCUT2D eigenvalue weighted by atomic mass is 16.5. The second-order valence-electron chi connectivity index (χ2n) is 3.88. The van der Waals surface area contributed by atoms with Gasteiger partial charge in [-0.1, -0.05) is 17.3 Å². The molecular weight excluding hydrogens is 218 g/mol. The molecule has 90 valence electrons. The SMILES string of the molecule is Cc1nc(COc2ccc([C@@H](C)N)cc2)no1. The molecule has 2 aromatic rings. The molecule has 1 atom stereocenters. The van der Waals surface area contributed by atoms with Crippen molar-refractivity contribution in [2.45, 2.75) is 26.5 Å². The summed E-state index contributed by atoms with van der Waals surface area (Å²) in [4.78, 5) is 4.05. The van der Waals surface area contributed by atoms with Gasteiger partial charge in [0.25, 0.3) is 0 Å². The van der Waals surface area contributed by atoms with E-state index in [2.05, 4.69) is 10.1 Å².